The van der Waals surface area contributed by atoms with E-state index in [9.17, 15) is 0 Å². The van der Waals surface area contributed by atoms with E-state index in [4.69, 9.17) is 0 Å². The molecule has 10 nitrogen and oxygen atoms in total. The number of aryl methyl sites for hydroxylation is 2. The van der Waals surface area contributed by atoms with Gasteiger partial charge in [0.2, 0.25) is 0 Å². The molecule has 1 aliphatic rings. The van der Waals surface area contributed by atoms with Gasteiger partial charge >= 0.3 is 0 Å². The predicted octanol–water partition coefficient (Wildman–Crippen LogP) is 10.1. The Morgan fingerprint density at radius 1 is 0.482 bits per heavy atom. The Balaban J connectivity index is 0.979. The molecular formula is C44H38N10S2. The molecule has 1 saturated heterocycles. The van der Waals surface area contributed by atoms with E-state index in [-0.39, 0.29) is 0 Å². The number of rotatable bonds is 10. The lowest BCUT2D eigenvalue weighted by Crippen LogP contribution is -2.46. The fraction of sp³-hybridized carbons (Fsp3) is 0.136. The second-order valence-corrected chi connectivity index (χ2v) is 15.7. The normalized spacial score (nSPS) is 13.0. The lowest BCUT2D eigenvalue weighted by molar-refractivity contribution is 0.653. The largest absolute Gasteiger partial charge is 0.368 e. The molecule has 0 amide bonds. The molecule has 0 atom stereocenters. The van der Waals surface area contributed by atoms with Crippen molar-refractivity contribution in [3.8, 4) is 0 Å². The zero-order valence-electron chi connectivity index (χ0n) is 30.9. The van der Waals surface area contributed by atoms with Crippen LogP contribution in [0.3, 0.4) is 0 Å². The average Bonchev–Trinajstić information content (AvgIpc) is 3.23. The second kappa shape index (κ2) is 15.9. The predicted molar refractivity (Wildman–Crippen MR) is 229 cm³/mol. The number of nitrogens with one attached hydrogen (secondary N) is 2. The number of nitrogens with zero attached hydrogens (tertiary/aromatic N) is 8. The van der Waals surface area contributed by atoms with E-state index in [0.717, 1.165) is 92.5 Å². The quantitative estimate of drug-likeness (QED) is 0.138. The van der Waals surface area contributed by atoms with Gasteiger partial charge in [-0.25, -0.2) is 29.9 Å². The molecule has 1 fully saturated rings. The minimum Gasteiger partial charge on any atom is -0.368 e. The van der Waals surface area contributed by atoms with Gasteiger partial charge in [-0.15, -0.1) is 0 Å². The zero-order valence-corrected chi connectivity index (χ0v) is 32.6. The van der Waals surface area contributed by atoms with Crippen molar-refractivity contribution >= 4 is 80.0 Å². The molecule has 276 valence electrons. The van der Waals surface area contributed by atoms with E-state index in [1.165, 1.54) is 9.79 Å². The highest BCUT2D eigenvalue weighted by molar-refractivity contribution is 7.99. The molecule has 0 aliphatic carbocycles. The lowest BCUT2D eigenvalue weighted by Gasteiger charge is -2.38. The van der Waals surface area contributed by atoms with Gasteiger partial charge in [0.1, 0.15) is 24.3 Å². The molecule has 9 rings (SSSR count). The summed E-state index contributed by atoms with van der Waals surface area (Å²) in [6, 6.07) is 42.3. The van der Waals surface area contributed by atoms with Gasteiger partial charge in [0.05, 0.1) is 22.1 Å². The molecule has 0 spiro atoms. The number of aromatic nitrogens is 6. The summed E-state index contributed by atoms with van der Waals surface area (Å²) in [6.45, 7) is 7.43. The van der Waals surface area contributed by atoms with Crippen LogP contribution in [-0.2, 0) is 0 Å². The zero-order chi connectivity index (χ0) is 37.8. The third-order valence-corrected chi connectivity index (χ3v) is 11.8. The van der Waals surface area contributed by atoms with Gasteiger partial charge in [0.25, 0.3) is 0 Å². The third-order valence-electron chi connectivity index (χ3n) is 9.66. The van der Waals surface area contributed by atoms with Gasteiger partial charge in [-0.05, 0) is 98.8 Å². The fourth-order valence-electron chi connectivity index (χ4n) is 6.79. The van der Waals surface area contributed by atoms with Crippen LogP contribution in [0.1, 0.15) is 11.4 Å². The first-order valence-corrected chi connectivity index (χ1v) is 20.1. The number of pyridine rings is 2. The van der Waals surface area contributed by atoms with Crippen molar-refractivity contribution in [1.82, 2.24) is 29.9 Å². The summed E-state index contributed by atoms with van der Waals surface area (Å²) in [5, 5.41) is 9.09. The van der Waals surface area contributed by atoms with Crippen LogP contribution in [0.2, 0.25) is 0 Å². The van der Waals surface area contributed by atoms with Crippen LogP contribution in [-0.4, -0.2) is 56.1 Å². The van der Waals surface area contributed by atoms with Crippen LogP contribution in [0.15, 0.2) is 154 Å². The Bertz CT molecular complexity index is 2470. The van der Waals surface area contributed by atoms with E-state index < -0.39 is 0 Å². The van der Waals surface area contributed by atoms with Crippen LogP contribution < -0.4 is 20.4 Å². The highest BCUT2D eigenvalue weighted by atomic mass is 32.2. The Labute approximate surface area is 333 Å². The Morgan fingerprint density at radius 2 is 0.911 bits per heavy atom. The minimum absolute atomic E-state index is 0.676. The molecule has 2 N–H and O–H groups in total. The molecule has 56 heavy (non-hydrogen) atoms. The number of hydrogen-bond donors (Lipinski definition) is 2. The van der Waals surface area contributed by atoms with E-state index in [2.05, 4.69) is 135 Å². The smallest absolute Gasteiger partial charge is 0.164 e. The van der Waals surface area contributed by atoms with Gasteiger partial charge in [-0.1, -0.05) is 59.9 Å². The van der Waals surface area contributed by atoms with Crippen molar-refractivity contribution in [2.45, 2.75) is 33.4 Å². The summed E-state index contributed by atoms with van der Waals surface area (Å²) in [5.41, 5.74) is 7.49. The van der Waals surface area contributed by atoms with Crippen molar-refractivity contribution in [3.63, 3.8) is 0 Å². The molecule has 0 saturated carbocycles. The molecule has 0 bridgehead atoms. The van der Waals surface area contributed by atoms with E-state index >= 15 is 0 Å². The number of piperazine rings is 1. The summed E-state index contributed by atoms with van der Waals surface area (Å²) in [7, 11) is 0. The average molecular weight is 771 g/mol. The minimum atomic E-state index is 0.676. The lowest BCUT2D eigenvalue weighted by atomic mass is 10.2. The Morgan fingerprint density at radius 3 is 1.34 bits per heavy atom. The van der Waals surface area contributed by atoms with Crippen molar-refractivity contribution < 1.29 is 0 Å². The standard InChI is InChI=1S/C44H38N10S2/c1-29-13-17-35-41(49-29)45-27-47-43(35)51-37-25-31(15-19-39(37)55-33-9-5-3-6-10-33)53-21-23-54(24-22-53)32-16-20-40(56-34-11-7-4-8-12-34)38(26-32)52-44-36-18-14-30(2)50-42(36)46-28-48-44/h3-20,25-28H,21-24H2,1-2H3,(H,45,47,49,51)(H,46,48,50,52). The monoisotopic (exact) mass is 770 g/mol. The molecule has 4 aromatic heterocycles. The Hall–Kier alpha value is -6.24. The first kappa shape index (κ1) is 35.5. The number of hydrogen-bond acceptors (Lipinski definition) is 12. The third kappa shape index (κ3) is 7.79. The highest BCUT2D eigenvalue weighted by Gasteiger charge is 2.21. The van der Waals surface area contributed by atoms with Crippen LogP contribution in [0, 0.1) is 13.8 Å². The number of anilines is 6. The SMILES string of the molecule is Cc1ccc2c(Nc3cc(N4CCN(c5ccc(Sc6ccccc6)c(Nc6ncnc7nc(C)ccc67)c5)CC4)ccc3Sc3ccccc3)ncnc2n1. The number of benzene rings is 4. The number of fused-ring (bicyclic) bond motifs is 2. The van der Waals surface area contributed by atoms with Crippen molar-refractivity contribution in [1.29, 1.82) is 0 Å². The molecule has 8 aromatic rings. The maximum absolute atomic E-state index is 4.64. The second-order valence-electron chi connectivity index (χ2n) is 13.5. The fourth-order valence-corrected chi connectivity index (χ4v) is 8.59. The molecule has 5 heterocycles. The summed E-state index contributed by atoms with van der Waals surface area (Å²) in [5.74, 6) is 1.47. The summed E-state index contributed by atoms with van der Waals surface area (Å²) in [6.07, 6.45) is 3.15. The molecule has 1 aliphatic heterocycles. The van der Waals surface area contributed by atoms with Gasteiger partial charge in [-0.3, -0.25) is 0 Å². The summed E-state index contributed by atoms with van der Waals surface area (Å²) in [4.78, 5) is 36.9. The molecule has 4 aromatic carbocycles. The van der Waals surface area contributed by atoms with E-state index in [1.54, 1.807) is 36.2 Å². The van der Waals surface area contributed by atoms with Gasteiger partial charge in [-0.2, -0.15) is 0 Å². The van der Waals surface area contributed by atoms with Crippen molar-refractivity contribution in [2.24, 2.45) is 0 Å². The van der Waals surface area contributed by atoms with Gasteiger partial charge < -0.3 is 20.4 Å². The van der Waals surface area contributed by atoms with E-state index in [1.807, 2.05) is 50.2 Å². The topological polar surface area (TPSA) is 108 Å². The molecule has 0 unspecified atom stereocenters. The van der Waals surface area contributed by atoms with Crippen molar-refractivity contribution in [2.75, 3.05) is 46.6 Å². The van der Waals surface area contributed by atoms with Crippen LogP contribution in [0.25, 0.3) is 22.1 Å². The van der Waals surface area contributed by atoms with Crippen molar-refractivity contribution in [3.05, 3.63) is 145 Å². The maximum atomic E-state index is 4.64. The van der Waals surface area contributed by atoms with Crippen LogP contribution >= 0.6 is 23.5 Å². The highest BCUT2D eigenvalue weighted by Crippen LogP contribution is 2.40. The molecule has 12 heteroatoms. The van der Waals surface area contributed by atoms with Gasteiger partial charge in [0.15, 0.2) is 11.3 Å². The summed E-state index contributed by atoms with van der Waals surface area (Å²) >= 11 is 3.46. The van der Waals surface area contributed by atoms with Crippen LogP contribution in [0.5, 0.6) is 0 Å². The summed E-state index contributed by atoms with van der Waals surface area (Å²) < 4.78 is 0. The van der Waals surface area contributed by atoms with E-state index in [0.29, 0.717) is 11.3 Å². The molecule has 0 radical (unpaired) electrons. The maximum Gasteiger partial charge on any atom is 0.164 e. The Kier molecular flexibility index (Phi) is 10.0. The first-order valence-electron chi connectivity index (χ1n) is 18.5. The first-order chi connectivity index (χ1) is 27.5. The van der Waals surface area contributed by atoms with Crippen LogP contribution in [0.4, 0.5) is 34.4 Å². The van der Waals surface area contributed by atoms with Gasteiger partial charge in [0, 0.05) is 68.5 Å². The molecular weight excluding hydrogens is 733 g/mol.